The predicted octanol–water partition coefficient (Wildman–Crippen LogP) is 3.59. The number of carbonyl (C=O) groups is 1. The Morgan fingerprint density at radius 3 is 2.50 bits per heavy atom. The van der Waals surface area contributed by atoms with Gasteiger partial charge in [0.2, 0.25) is 0 Å². The van der Waals surface area contributed by atoms with Crippen molar-refractivity contribution < 1.29 is 9.90 Å². The highest BCUT2D eigenvalue weighted by Crippen LogP contribution is 2.20. The topological polar surface area (TPSA) is 52.6 Å². The molecule has 1 heterocycles. The van der Waals surface area contributed by atoms with Crippen LogP contribution in [0.2, 0.25) is 0 Å². The standard InChI is InChI=1S/C20H32N2O2/c1-3-5-6-16(4-2)15-21-20(24)17-7-9-18(10-8-17)22-13-11-19(23)12-14-22/h7-10,16,19,23H,3-6,11-15H2,1-2H3,(H,21,24). The summed E-state index contributed by atoms with van der Waals surface area (Å²) in [6.45, 7) is 6.92. The molecular weight excluding hydrogens is 300 g/mol. The summed E-state index contributed by atoms with van der Waals surface area (Å²) in [7, 11) is 0. The summed E-state index contributed by atoms with van der Waals surface area (Å²) in [6.07, 6.45) is 6.21. The Kier molecular flexibility index (Phi) is 7.57. The summed E-state index contributed by atoms with van der Waals surface area (Å²) < 4.78 is 0. The summed E-state index contributed by atoms with van der Waals surface area (Å²) in [4.78, 5) is 14.6. The summed E-state index contributed by atoms with van der Waals surface area (Å²) in [5.41, 5.74) is 1.86. The minimum atomic E-state index is -0.162. The summed E-state index contributed by atoms with van der Waals surface area (Å²) >= 11 is 0. The number of nitrogens with one attached hydrogen (secondary N) is 1. The first kappa shape index (κ1) is 18.8. The zero-order chi connectivity index (χ0) is 17.4. The normalized spacial score (nSPS) is 16.9. The average Bonchev–Trinajstić information content (AvgIpc) is 2.62. The van der Waals surface area contributed by atoms with Gasteiger partial charge in [0, 0.05) is 30.9 Å². The number of unbranched alkanes of at least 4 members (excludes halogenated alkanes) is 1. The van der Waals surface area contributed by atoms with Gasteiger partial charge in [0.1, 0.15) is 0 Å². The number of rotatable bonds is 8. The van der Waals surface area contributed by atoms with Crippen LogP contribution in [0.25, 0.3) is 0 Å². The monoisotopic (exact) mass is 332 g/mol. The molecule has 0 aromatic heterocycles. The number of amides is 1. The van der Waals surface area contributed by atoms with Crippen molar-refractivity contribution in [1.82, 2.24) is 5.32 Å². The van der Waals surface area contributed by atoms with Crippen LogP contribution in [-0.4, -0.2) is 36.8 Å². The fourth-order valence-electron chi connectivity index (χ4n) is 3.23. The number of aliphatic hydroxyl groups is 1. The summed E-state index contributed by atoms with van der Waals surface area (Å²) in [5.74, 6) is 0.596. The predicted molar refractivity (Wildman–Crippen MR) is 99.5 cm³/mol. The number of hydrogen-bond donors (Lipinski definition) is 2. The van der Waals surface area contributed by atoms with Crippen LogP contribution in [0.3, 0.4) is 0 Å². The lowest BCUT2D eigenvalue weighted by Gasteiger charge is -2.31. The molecule has 4 nitrogen and oxygen atoms in total. The number of carbonyl (C=O) groups excluding carboxylic acids is 1. The highest BCUT2D eigenvalue weighted by atomic mass is 16.3. The van der Waals surface area contributed by atoms with E-state index in [9.17, 15) is 9.90 Å². The van der Waals surface area contributed by atoms with Gasteiger partial charge in [-0.1, -0.05) is 33.1 Å². The molecule has 2 rings (SSSR count). The van der Waals surface area contributed by atoms with Crippen molar-refractivity contribution in [2.24, 2.45) is 5.92 Å². The molecule has 1 fully saturated rings. The van der Waals surface area contributed by atoms with Crippen LogP contribution in [0.5, 0.6) is 0 Å². The van der Waals surface area contributed by atoms with Gasteiger partial charge in [0.25, 0.3) is 5.91 Å². The number of anilines is 1. The quantitative estimate of drug-likeness (QED) is 0.765. The van der Waals surface area contributed by atoms with E-state index in [2.05, 4.69) is 24.1 Å². The van der Waals surface area contributed by atoms with E-state index >= 15 is 0 Å². The number of piperidine rings is 1. The van der Waals surface area contributed by atoms with Crippen LogP contribution >= 0.6 is 0 Å². The van der Waals surface area contributed by atoms with Gasteiger partial charge in [0.15, 0.2) is 0 Å². The van der Waals surface area contributed by atoms with Gasteiger partial charge in [-0.2, -0.15) is 0 Å². The molecule has 4 heteroatoms. The van der Waals surface area contributed by atoms with Gasteiger partial charge < -0.3 is 15.3 Å². The Labute approximate surface area is 146 Å². The fraction of sp³-hybridized carbons (Fsp3) is 0.650. The van der Waals surface area contributed by atoms with Gasteiger partial charge >= 0.3 is 0 Å². The molecule has 134 valence electrons. The first-order chi connectivity index (χ1) is 11.6. The summed E-state index contributed by atoms with van der Waals surface area (Å²) in [5, 5.41) is 12.7. The van der Waals surface area contributed by atoms with Crippen molar-refractivity contribution in [2.75, 3.05) is 24.5 Å². The molecule has 1 saturated heterocycles. The van der Waals surface area contributed by atoms with Crippen LogP contribution in [0.1, 0.15) is 62.7 Å². The van der Waals surface area contributed by atoms with Crippen LogP contribution < -0.4 is 10.2 Å². The minimum absolute atomic E-state index is 0.0190. The molecule has 0 saturated carbocycles. The highest BCUT2D eigenvalue weighted by molar-refractivity contribution is 5.94. The zero-order valence-electron chi connectivity index (χ0n) is 15.1. The van der Waals surface area contributed by atoms with Crippen molar-refractivity contribution in [3.8, 4) is 0 Å². The molecule has 0 spiro atoms. The van der Waals surface area contributed by atoms with Gasteiger partial charge in [-0.3, -0.25) is 4.79 Å². The van der Waals surface area contributed by atoms with Gasteiger partial charge in [-0.25, -0.2) is 0 Å². The van der Waals surface area contributed by atoms with E-state index in [1.807, 2.05) is 24.3 Å². The minimum Gasteiger partial charge on any atom is -0.393 e. The van der Waals surface area contributed by atoms with Crippen LogP contribution in [0, 0.1) is 5.92 Å². The maximum atomic E-state index is 12.3. The van der Waals surface area contributed by atoms with E-state index in [0.29, 0.717) is 5.92 Å². The second-order valence-electron chi connectivity index (χ2n) is 6.89. The number of aliphatic hydroxyl groups excluding tert-OH is 1. The van der Waals surface area contributed by atoms with Crippen LogP contribution in [-0.2, 0) is 0 Å². The molecule has 0 bridgehead atoms. The fourth-order valence-corrected chi connectivity index (χ4v) is 3.23. The SMILES string of the molecule is CCCCC(CC)CNC(=O)c1ccc(N2CCC(O)CC2)cc1. The summed E-state index contributed by atoms with van der Waals surface area (Å²) in [6, 6.07) is 7.84. The van der Waals surface area contributed by atoms with Gasteiger partial charge in [-0.05, 0) is 49.4 Å². The molecule has 1 atom stereocenters. The molecule has 24 heavy (non-hydrogen) atoms. The Balaban J connectivity index is 1.84. The molecule has 2 N–H and O–H groups in total. The number of hydrogen-bond acceptors (Lipinski definition) is 3. The zero-order valence-corrected chi connectivity index (χ0v) is 15.1. The molecule has 1 aromatic rings. The van der Waals surface area contributed by atoms with Gasteiger partial charge in [0.05, 0.1) is 6.10 Å². The van der Waals surface area contributed by atoms with E-state index in [4.69, 9.17) is 0 Å². The molecule has 1 aliphatic rings. The van der Waals surface area contributed by atoms with Crippen molar-refractivity contribution >= 4 is 11.6 Å². The molecule has 0 aliphatic carbocycles. The Hall–Kier alpha value is -1.55. The third-order valence-electron chi connectivity index (χ3n) is 5.05. The van der Waals surface area contributed by atoms with Crippen LogP contribution in [0.15, 0.2) is 24.3 Å². The van der Waals surface area contributed by atoms with E-state index < -0.39 is 0 Å². The van der Waals surface area contributed by atoms with E-state index in [-0.39, 0.29) is 12.0 Å². The van der Waals surface area contributed by atoms with Crippen molar-refractivity contribution in [1.29, 1.82) is 0 Å². The molecule has 1 unspecified atom stereocenters. The first-order valence-electron chi connectivity index (χ1n) is 9.45. The number of nitrogens with zero attached hydrogens (tertiary/aromatic N) is 1. The van der Waals surface area contributed by atoms with Crippen molar-refractivity contribution in [3.63, 3.8) is 0 Å². The third-order valence-corrected chi connectivity index (χ3v) is 5.05. The Morgan fingerprint density at radius 2 is 1.92 bits per heavy atom. The smallest absolute Gasteiger partial charge is 0.251 e. The molecule has 1 aromatic carbocycles. The molecule has 0 radical (unpaired) electrons. The highest BCUT2D eigenvalue weighted by Gasteiger charge is 2.17. The van der Waals surface area contributed by atoms with Gasteiger partial charge in [-0.15, -0.1) is 0 Å². The third kappa shape index (κ3) is 5.52. The maximum absolute atomic E-state index is 12.3. The average molecular weight is 332 g/mol. The second-order valence-corrected chi connectivity index (χ2v) is 6.89. The van der Waals surface area contributed by atoms with Crippen LogP contribution in [0.4, 0.5) is 5.69 Å². The lowest BCUT2D eigenvalue weighted by atomic mass is 9.99. The van der Waals surface area contributed by atoms with Crippen molar-refractivity contribution in [2.45, 2.75) is 58.5 Å². The Morgan fingerprint density at radius 1 is 1.25 bits per heavy atom. The molecule has 1 amide bonds. The Bertz CT molecular complexity index is 493. The van der Waals surface area contributed by atoms with E-state index in [0.717, 1.165) is 50.1 Å². The first-order valence-corrected chi connectivity index (χ1v) is 9.45. The maximum Gasteiger partial charge on any atom is 0.251 e. The number of benzene rings is 1. The molecule has 1 aliphatic heterocycles. The lowest BCUT2D eigenvalue weighted by molar-refractivity contribution is 0.0946. The van der Waals surface area contributed by atoms with Crippen molar-refractivity contribution in [3.05, 3.63) is 29.8 Å². The van der Waals surface area contributed by atoms with E-state index in [1.54, 1.807) is 0 Å². The largest absolute Gasteiger partial charge is 0.393 e. The molecular formula is C20H32N2O2. The lowest BCUT2D eigenvalue weighted by Crippen LogP contribution is -2.35. The second kappa shape index (κ2) is 9.67. The van der Waals surface area contributed by atoms with E-state index in [1.165, 1.54) is 19.3 Å².